The van der Waals surface area contributed by atoms with Gasteiger partial charge in [0.05, 0.1) is 5.69 Å². The van der Waals surface area contributed by atoms with Gasteiger partial charge in [-0.2, -0.15) is 0 Å². The van der Waals surface area contributed by atoms with Crippen LogP contribution < -0.4 is 5.32 Å². The van der Waals surface area contributed by atoms with Crippen LogP contribution in [0.2, 0.25) is 0 Å². The molecule has 5 nitrogen and oxygen atoms in total. The lowest BCUT2D eigenvalue weighted by Crippen LogP contribution is -2.44. The molecule has 0 radical (unpaired) electrons. The Balaban J connectivity index is 1.25. The van der Waals surface area contributed by atoms with E-state index in [0.29, 0.717) is 6.42 Å². The molecule has 34 heavy (non-hydrogen) atoms. The lowest BCUT2D eigenvalue weighted by Gasteiger charge is -2.32. The highest BCUT2D eigenvalue weighted by molar-refractivity contribution is 5.78. The Morgan fingerprint density at radius 3 is 2.47 bits per heavy atom. The van der Waals surface area contributed by atoms with E-state index >= 15 is 0 Å². The second-order valence-electron chi connectivity index (χ2n) is 9.39. The van der Waals surface area contributed by atoms with Gasteiger partial charge in [0, 0.05) is 50.4 Å². The van der Waals surface area contributed by atoms with Crippen molar-refractivity contribution in [2.45, 2.75) is 44.7 Å². The summed E-state index contributed by atoms with van der Waals surface area (Å²) >= 11 is 0. The number of fused-ring (bicyclic) bond motifs is 1. The summed E-state index contributed by atoms with van der Waals surface area (Å²) in [5, 5.41) is 3.33. The smallest absolute Gasteiger partial charge is 0.221 e. The Morgan fingerprint density at radius 2 is 1.74 bits per heavy atom. The summed E-state index contributed by atoms with van der Waals surface area (Å²) in [7, 11) is 0. The van der Waals surface area contributed by atoms with Crippen molar-refractivity contribution in [3.8, 4) is 0 Å². The first kappa shape index (κ1) is 22.4. The van der Waals surface area contributed by atoms with Crippen molar-refractivity contribution in [2.24, 2.45) is 0 Å². The number of hydrogen-bond donors (Lipinski definition) is 1. The minimum atomic E-state index is -0.0444. The average Bonchev–Trinajstić information content (AvgIpc) is 3.28. The van der Waals surface area contributed by atoms with Crippen molar-refractivity contribution in [1.82, 2.24) is 19.6 Å². The minimum Gasteiger partial charge on any atom is -0.353 e. The van der Waals surface area contributed by atoms with Gasteiger partial charge in [-0.3, -0.25) is 9.69 Å². The van der Waals surface area contributed by atoms with E-state index in [1.165, 1.54) is 11.1 Å². The summed E-state index contributed by atoms with van der Waals surface area (Å²) < 4.78 is 2.11. The van der Waals surface area contributed by atoms with Crippen LogP contribution >= 0.6 is 0 Å². The summed E-state index contributed by atoms with van der Waals surface area (Å²) in [6.07, 6.45) is 6.37. The number of hydrogen-bond acceptors (Lipinski definition) is 3. The fourth-order valence-electron chi connectivity index (χ4n) is 4.99. The van der Waals surface area contributed by atoms with Crippen molar-refractivity contribution < 1.29 is 4.79 Å². The Morgan fingerprint density at radius 1 is 1.03 bits per heavy atom. The molecule has 5 heteroatoms. The second kappa shape index (κ2) is 10.2. The Bertz CT molecular complexity index is 1230. The van der Waals surface area contributed by atoms with Gasteiger partial charge in [-0.05, 0) is 48.6 Å². The first-order chi connectivity index (χ1) is 16.7. The number of benzene rings is 2. The summed E-state index contributed by atoms with van der Waals surface area (Å²) in [6.45, 7) is 5.07. The number of imidazole rings is 1. The number of pyridine rings is 1. The van der Waals surface area contributed by atoms with Crippen LogP contribution in [0.15, 0.2) is 85.2 Å². The van der Waals surface area contributed by atoms with Gasteiger partial charge in [-0.25, -0.2) is 4.98 Å². The lowest BCUT2D eigenvalue weighted by atomic mass is 9.92. The summed E-state index contributed by atoms with van der Waals surface area (Å²) in [5.74, 6) is 0.0644. The highest BCUT2D eigenvalue weighted by Gasteiger charge is 2.25. The normalized spacial score (nSPS) is 15.9. The van der Waals surface area contributed by atoms with Crippen molar-refractivity contribution in [2.75, 3.05) is 13.1 Å². The van der Waals surface area contributed by atoms with Gasteiger partial charge in [-0.15, -0.1) is 0 Å². The van der Waals surface area contributed by atoms with Crippen molar-refractivity contribution in [3.05, 3.63) is 108 Å². The van der Waals surface area contributed by atoms with Crippen LogP contribution in [0.1, 0.15) is 47.6 Å². The Kier molecular flexibility index (Phi) is 6.72. The van der Waals surface area contributed by atoms with Crippen molar-refractivity contribution in [1.29, 1.82) is 0 Å². The molecule has 0 aliphatic carbocycles. The lowest BCUT2D eigenvalue weighted by molar-refractivity contribution is -0.122. The van der Waals surface area contributed by atoms with Crippen LogP contribution in [0.25, 0.3) is 5.65 Å². The van der Waals surface area contributed by atoms with E-state index < -0.39 is 0 Å². The fraction of sp³-hybridized carbons (Fsp3) is 0.310. The molecule has 1 amide bonds. The zero-order valence-electron chi connectivity index (χ0n) is 19.7. The van der Waals surface area contributed by atoms with Crippen LogP contribution in [-0.4, -0.2) is 39.3 Å². The number of likely N-dealkylation sites (tertiary alicyclic amines) is 1. The van der Waals surface area contributed by atoms with Crippen LogP contribution in [0.5, 0.6) is 0 Å². The number of rotatable bonds is 7. The predicted octanol–water partition coefficient (Wildman–Crippen LogP) is 4.95. The maximum Gasteiger partial charge on any atom is 0.221 e. The molecule has 5 rings (SSSR count). The third-order valence-corrected chi connectivity index (χ3v) is 6.85. The maximum absolute atomic E-state index is 13.2. The van der Waals surface area contributed by atoms with Gasteiger partial charge >= 0.3 is 0 Å². The molecule has 0 spiro atoms. The molecule has 3 heterocycles. The zero-order valence-corrected chi connectivity index (χ0v) is 19.7. The molecule has 0 saturated carbocycles. The monoisotopic (exact) mass is 452 g/mol. The van der Waals surface area contributed by atoms with Gasteiger partial charge in [0.2, 0.25) is 5.91 Å². The largest absolute Gasteiger partial charge is 0.353 e. The van der Waals surface area contributed by atoms with E-state index in [4.69, 9.17) is 0 Å². The van der Waals surface area contributed by atoms with Crippen LogP contribution in [0.3, 0.4) is 0 Å². The van der Waals surface area contributed by atoms with E-state index in [-0.39, 0.29) is 17.9 Å². The molecule has 174 valence electrons. The molecule has 1 aliphatic heterocycles. The predicted molar refractivity (Wildman–Crippen MR) is 136 cm³/mol. The van der Waals surface area contributed by atoms with E-state index in [2.05, 4.69) is 87.3 Å². The Labute approximate surface area is 201 Å². The second-order valence-corrected chi connectivity index (χ2v) is 9.39. The van der Waals surface area contributed by atoms with Crippen LogP contribution in [-0.2, 0) is 11.3 Å². The molecule has 2 aromatic heterocycles. The van der Waals surface area contributed by atoms with Crippen LogP contribution in [0, 0.1) is 6.92 Å². The SMILES string of the molecule is Cc1ccn2c(C(CC(=O)NC3CCN(Cc4ccccc4)CC3)c3ccccc3)cnc2c1. The number of piperidine rings is 1. The van der Waals surface area contributed by atoms with Gasteiger partial charge in [-0.1, -0.05) is 60.7 Å². The summed E-state index contributed by atoms with van der Waals surface area (Å²) in [4.78, 5) is 20.3. The number of nitrogens with one attached hydrogen (secondary N) is 1. The van der Waals surface area contributed by atoms with Gasteiger partial charge < -0.3 is 9.72 Å². The quantitative estimate of drug-likeness (QED) is 0.432. The highest BCUT2D eigenvalue weighted by atomic mass is 16.1. The fourth-order valence-corrected chi connectivity index (χ4v) is 4.99. The number of aryl methyl sites for hydroxylation is 1. The highest BCUT2D eigenvalue weighted by Crippen LogP contribution is 2.29. The topological polar surface area (TPSA) is 49.6 Å². The average molecular weight is 453 g/mol. The van der Waals surface area contributed by atoms with E-state index in [0.717, 1.165) is 49.4 Å². The van der Waals surface area contributed by atoms with Crippen molar-refractivity contribution >= 4 is 11.6 Å². The van der Waals surface area contributed by atoms with E-state index in [1.807, 2.05) is 24.4 Å². The molecule has 1 atom stereocenters. The van der Waals surface area contributed by atoms with Gasteiger partial charge in [0.1, 0.15) is 5.65 Å². The summed E-state index contributed by atoms with van der Waals surface area (Å²) in [5.41, 5.74) is 5.63. The first-order valence-corrected chi connectivity index (χ1v) is 12.2. The third kappa shape index (κ3) is 5.20. The molecule has 1 aliphatic rings. The number of carbonyl (C=O) groups excluding carboxylic acids is 1. The third-order valence-electron chi connectivity index (χ3n) is 6.85. The van der Waals surface area contributed by atoms with Gasteiger partial charge in [0.15, 0.2) is 0 Å². The van der Waals surface area contributed by atoms with Gasteiger partial charge in [0.25, 0.3) is 0 Å². The zero-order chi connectivity index (χ0) is 23.3. The number of aromatic nitrogens is 2. The molecule has 4 aromatic rings. The standard InChI is InChI=1S/C29H32N4O/c1-22-12-17-33-27(20-30-28(33)18-22)26(24-10-6-3-7-11-24)19-29(34)31-25-13-15-32(16-14-25)21-23-8-4-2-5-9-23/h2-12,17-18,20,25-26H,13-16,19,21H2,1H3,(H,31,34). The molecule has 1 saturated heterocycles. The molecule has 1 unspecified atom stereocenters. The first-order valence-electron chi connectivity index (χ1n) is 12.2. The number of amides is 1. The molecular weight excluding hydrogens is 420 g/mol. The number of nitrogens with zero attached hydrogens (tertiary/aromatic N) is 3. The molecule has 0 bridgehead atoms. The number of carbonyl (C=O) groups is 1. The Hall–Kier alpha value is -3.44. The minimum absolute atomic E-state index is 0.0444. The van der Waals surface area contributed by atoms with E-state index in [9.17, 15) is 4.79 Å². The maximum atomic E-state index is 13.2. The van der Waals surface area contributed by atoms with Crippen molar-refractivity contribution in [3.63, 3.8) is 0 Å². The van der Waals surface area contributed by atoms with E-state index in [1.54, 1.807) is 0 Å². The van der Waals surface area contributed by atoms with Crippen LogP contribution in [0.4, 0.5) is 0 Å². The molecule has 1 fully saturated rings. The molecule has 2 aromatic carbocycles. The molecule has 1 N–H and O–H groups in total. The molecular formula is C29H32N4O. The summed E-state index contributed by atoms with van der Waals surface area (Å²) in [6, 6.07) is 25.3.